The summed E-state index contributed by atoms with van der Waals surface area (Å²) in [5.41, 5.74) is 0. The minimum atomic E-state index is -0.459. The highest BCUT2D eigenvalue weighted by Gasteiger charge is 2.26. The molecular formula is C12H14BrNO2. The molecule has 1 amide bonds. The van der Waals surface area contributed by atoms with Crippen molar-refractivity contribution in [1.82, 2.24) is 5.32 Å². The van der Waals surface area contributed by atoms with E-state index in [0.717, 1.165) is 17.3 Å². The van der Waals surface area contributed by atoms with Gasteiger partial charge in [0.05, 0.1) is 4.47 Å². The molecule has 0 bridgehead atoms. The monoisotopic (exact) mass is 283 g/mol. The lowest BCUT2D eigenvalue weighted by molar-refractivity contribution is -0.127. The first-order chi connectivity index (χ1) is 7.66. The molecule has 3 nitrogen and oxygen atoms in total. The molecule has 4 heteroatoms. The average Bonchev–Trinajstić information content (AvgIpc) is 3.05. The summed E-state index contributed by atoms with van der Waals surface area (Å²) in [4.78, 5) is 11.7. The molecule has 1 aromatic rings. The van der Waals surface area contributed by atoms with E-state index in [1.807, 2.05) is 24.3 Å². The molecule has 1 aromatic carbocycles. The second-order valence-corrected chi connectivity index (χ2v) is 4.83. The van der Waals surface area contributed by atoms with E-state index >= 15 is 0 Å². The van der Waals surface area contributed by atoms with Crippen molar-refractivity contribution in [1.29, 1.82) is 0 Å². The van der Waals surface area contributed by atoms with Crippen molar-refractivity contribution in [3.8, 4) is 5.75 Å². The Labute approximate surface area is 103 Å². The molecule has 0 aliphatic heterocycles. The van der Waals surface area contributed by atoms with Gasteiger partial charge in [-0.05, 0) is 47.8 Å². The van der Waals surface area contributed by atoms with E-state index in [-0.39, 0.29) is 5.91 Å². The first-order valence-corrected chi connectivity index (χ1v) is 6.17. The maximum atomic E-state index is 11.7. The number of benzene rings is 1. The second-order valence-electron chi connectivity index (χ2n) is 3.97. The smallest absolute Gasteiger partial charge is 0.260 e. The van der Waals surface area contributed by atoms with Gasteiger partial charge in [0.2, 0.25) is 0 Å². The van der Waals surface area contributed by atoms with Crippen molar-refractivity contribution >= 4 is 21.8 Å². The van der Waals surface area contributed by atoms with Crippen LogP contribution in [0.3, 0.4) is 0 Å². The van der Waals surface area contributed by atoms with Crippen molar-refractivity contribution in [2.45, 2.75) is 31.9 Å². The standard InChI is InChI=1S/C12H14BrNO2/c1-8(12(15)14-9-6-7-9)16-11-5-3-2-4-10(11)13/h2-5,8-9H,6-7H2,1H3,(H,14,15). The molecule has 1 N–H and O–H groups in total. The van der Waals surface area contributed by atoms with Crippen molar-refractivity contribution in [3.63, 3.8) is 0 Å². The van der Waals surface area contributed by atoms with E-state index < -0.39 is 6.10 Å². The normalized spacial score (nSPS) is 16.6. The number of amides is 1. The Balaban J connectivity index is 1.92. The van der Waals surface area contributed by atoms with E-state index in [1.165, 1.54) is 0 Å². The molecule has 1 saturated carbocycles. The molecule has 16 heavy (non-hydrogen) atoms. The third-order valence-electron chi connectivity index (χ3n) is 2.43. The third kappa shape index (κ3) is 2.98. The van der Waals surface area contributed by atoms with Crippen LogP contribution in [-0.2, 0) is 4.79 Å². The predicted octanol–water partition coefficient (Wildman–Crippen LogP) is 2.50. The number of hydrogen-bond donors (Lipinski definition) is 1. The Hall–Kier alpha value is -1.03. The summed E-state index contributed by atoms with van der Waals surface area (Å²) in [5.74, 6) is 0.652. The van der Waals surface area contributed by atoms with Gasteiger partial charge < -0.3 is 10.1 Å². The molecule has 0 spiro atoms. The van der Waals surface area contributed by atoms with Gasteiger partial charge in [0.15, 0.2) is 6.10 Å². The minimum Gasteiger partial charge on any atom is -0.480 e. The average molecular weight is 284 g/mol. The Morgan fingerprint density at radius 1 is 1.50 bits per heavy atom. The Bertz CT molecular complexity index is 390. The zero-order valence-corrected chi connectivity index (χ0v) is 10.7. The number of halogens is 1. The maximum absolute atomic E-state index is 11.7. The van der Waals surface area contributed by atoms with Crippen molar-refractivity contribution in [3.05, 3.63) is 28.7 Å². The van der Waals surface area contributed by atoms with Crippen LogP contribution in [-0.4, -0.2) is 18.1 Å². The Kier molecular flexibility index (Phi) is 3.49. The lowest BCUT2D eigenvalue weighted by Gasteiger charge is -2.15. The molecule has 0 saturated heterocycles. The van der Waals surface area contributed by atoms with Crippen LogP contribution in [0.4, 0.5) is 0 Å². The van der Waals surface area contributed by atoms with Crippen molar-refractivity contribution in [2.24, 2.45) is 0 Å². The van der Waals surface area contributed by atoms with Gasteiger partial charge in [-0.15, -0.1) is 0 Å². The summed E-state index contributed by atoms with van der Waals surface area (Å²) in [6, 6.07) is 7.89. The summed E-state index contributed by atoms with van der Waals surface area (Å²) in [7, 11) is 0. The molecule has 0 aromatic heterocycles. The van der Waals surface area contributed by atoms with Crippen LogP contribution in [0.15, 0.2) is 28.7 Å². The SMILES string of the molecule is CC(Oc1ccccc1Br)C(=O)NC1CC1. The first-order valence-electron chi connectivity index (χ1n) is 5.38. The minimum absolute atomic E-state index is 0.0433. The first kappa shape index (κ1) is 11.5. The van der Waals surface area contributed by atoms with E-state index in [4.69, 9.17) is 4.74 Å². The van der Waals surface area contributed by atoms with Gasteiger partial charge in [-0.1, -0.05) is 12.1 Å². The largest absolute Gasteiger partial charge is 0.480 e. The zero-order valence-electron chi connectivity index (χ0n) is 9.07. The van der Waals surface area contributed by atoms with Crippen LogP contribution in [0, 0.1) is 0 Å². The topological polar surface area (TPSA) is 38.3 Å². The van der Waals surface area contributed by atoms with E-state index in [9.17, 15) is 4.79 Å². The summed E-state index contributed by atoms with van der Waals surface area (Å²) in [6.07, 6.45) is 1.72. The summed E-state index contributed by atoms with van der Waals surface area (Å²) < 4.78 is 6.44. The predicted molar refractivity (Wildman–Crippen MR) is 65.4 cm³/mol. The van der Waals surface area contributed by atoms with E-state index in [1.54, 1.807) is 6.92 Å². The fourth-order valence-corrected chi connectivity index (χ4v) is 1.71. The lowest BCUT2D eigenvalue weighted by Crippen LogP contribution is -2.37. The van der Waals surface area contributed by atoms with Gasteiger partial charge in [0.25, 0.3) is 5.91 Å². The third-order valence-corrected chi connectivity index (χ3v) is 3.09. The molecule has 2 rings (SSSR count). The molecule has 1 fully saturated rings. The van der Waals surface area contributed by atoms with Crippen LogP contribution in [0.2, 0.25) is 0 Å². The maximum Gasteiger partial charge on any atom is 0.260 e. The lowest BCUT2D eigenvalue weighted by atomic mass is 10.3. The van der Waals surface area contributed by atoms with E-state index in [0.29, 0.717) is 11.8 Å². The number of hydrogen-bond acceptors (Lipinski definition) is 2. The number of para-hydroxylation sites is 1. The molecule has 1 aliphatic rings. The highest BCUT2D eigenvalue weighted by molar-refractivity contribution is 9.10. The molecule has 0 heterocycles. The van der Waals surface area contributed by atoms with Gasteiger partial charge in [-0.2, -0.15) is 0 Å². The molecule has 86 valence electrons. The highest BCUT2D eigenvalue weighted by Crippen LogP contribution is 2.25. The van der Waals surface area contributed by atoms with Gasteiger partial charge in [0.1, 0.15) is 5.75 Å². The number of nitrogens with one attached hydrogen (secondary N) is 1. The summed E-state index contributed by atoms with van der Waals surface area (Å²) in [5, 5.41) is 2.91. The highest BCUT2D eigenvalue weighted by atomic mass is 79.9. The van der Waals surface area contributed by atoms with Crippen molar-refractivity contribution in [2.75, 3.05) is 0 Å². The molecular weight excluding hydrogens is 270 g/mol. The second kappa shape index (κ2) is 4.87. The van der Waals surface area contributed by atoms with Crippen molar-refractivity contribution < 1.29 is 9.53 Å². The zero-order chi connectivity index (χ0) is 11.5. The quantitative estimate of drug-likeness (QED) is 0.922. The summed E-state index contributed by atoms with van der Waals surface area (Å²) in [6.45, 7) is 1.76. The molecule has 1 aliphatic carbocycles. The van der Waals surface area contributed by atoms with Crippen LogP contribution >= 0.6 is 15.9 Å². The van der Waals surface area contributed by atoms with E-state index in [2.05, 4.69) is 21.2 Å². The number of ether oxygens (including phenoxy) is 1. The van der Waals surface area contributed by atoms with Crippen LogP contribution < -0.4 is 10.1 Å². The van der Waals surface area contributed by atoms with Gasteiger partial charge in [0, 0.05) is 6.04 Å². The van der Waals surface area contributed by atoms with Gasteiger partial charge >= 0.3 is 0 Å². The molecule has 1 unspecified atom stereocenters. The number of rotatable bonds is 4. The molecule has 0 radical (unpaired) electrons. The van der Waals surface area contributed by atoms with Crippen LogP contribution in [0.25, 0.3) is 0 Å². The number of carbonyl (C=O) groups excluding carboxylic acids is 1. The van der Waals surface area contributed by atoms with Crippen LogP contribution in [0.1, 0.15) is 19.8 Å². The Morgan fingerprint density at radius 2 is 2.19 bits per heavy atom. The summed E-state index contributed by atoms with van der Waals surface area (Å²) >= 11 is 3.38. The van der Waals surface area contributed by atoms with Gasteiger partial charge in [-0.3, -0.25) is 4.79 Å². The number of carbonyl (C=O) groups is 1. The van der Waals surface area contributed by atoms with Gasteiger partial charge in [-0.25, -0.2) is 0 Å². The van der Waals surface area contributed by atoms with Crippen LogP contribution in [0.5, 0.6) is 5.75 Å². The molecule has 1 atom stereocenters. The Morgan fingerprint density at radius 3 is 2.81 bits per heavy atom. The fourth-order valence-electron chi connectivity index (χ4n) is 1.33. The fraction of sp³-hybridized carbons (Fsp3) is 0.417.